The van der Waals surface area contributed by atoms with Gasteiger partial charge in [-0.1, -0.05) is 0 Å². The molecule has 0 fully saturated rings. The highest BCUT2D eigenvalue weighted by Crippen LogP contribution is 2.76. The van der Waals surface area contributed by atoms with Gasteiger partial charge in [-0.05, 0) is 0 Å². The first-order chi connectivity index (χ1) is 12.0. The van der Waals surface area contributed by atoms with Gasteiger partial charge >= 0.3 is 48.4 Å². The number of halogens is 20. The molecule has 0 spiro atoms. The summed E-state index contributed by atoms with van der Waals surface area (Å²) < 4.78 is 254. The molecular formula is C9F20. The number of alkyl halides is 20. The number of hydrogen-bond donors (Lipinski definition) is 0. The van der Waals surface area contributed by atoms with E-state index in [0.29, 0.717) is 0 Å². The van der Waals surface area contributed by atoms with Crippen molar-refractivity contribution in [1.82, 2.24) is 0 Å². The van der Waals surface area contributed by atoms with Gasteiger partial charge in [0.2, 0.25) is 0 Å². The van der Waals surface area contributed by atoms with Crippen molar-refractivity contribution < 1.29 is 87.8 Å². The molecule has 0 amide bonds. The van der Waals surface area contributed by atoms with E-state index >= 15 is 0 Å². The van der Waals surface area contributed by atoms with Crippen LogP contribution >= 0.6 is 0 Å². The van der Waals surface area contributed by atoms with Gasteiger partial charge < -0.3 is 0 Å². The molecule has 0 nitrogen and oxygen atoms in total. The lowest BCUT2D eigenvalue weighted by molar-refractivity contribution is -0.533. The SMILES string of the molecule is FC(F)(F)C(F)(C(F)(F)F)C(C(F)(F)F)(C(F)(F)F)C(F)(C(F)(F)F)C(F)(F)F. The summed E-state index contributed by atoms with van der Waals surface area (Å²) in [5.74, 6) is 0. The third kappa shape index (κ3) is 3.23. The minimum absolute atomic E-state index is 8.84. The van der Waals surface area contributed by atoms with E-state index < -0.39 is 53.8 Å². The maximum absolute atomic E-state index is 13.7. The van der Waals surface area contributed by atoms with E-state index in [-0.39, 0.29) is 0 Å². The molecule has 0 heterocycles. The topological polar surface area (TPSA) is 0 Å². The summed E-state index contributed by atoms with van der Waals surface area (Å²) in [5, 5.41) is 0. The second kappa shape index (κ2) is 6.30. The standard InChI is InChI=1S/C9F20/c10-2(6(18,19)20,7(21,22)23)1(4(12,13)14,5(15,16)17)3(11,8(24,25)26)9(27,28)29. The summed E-state index contributed by atoms with van der Waals surface area (Å²) in [4.78, 5) is 0. The molecule has 0 aromatic rings. The lowest BCUT2D eigenvalue weighted by Gasteiger charge is -2.53. The molecule has 0 aliphatic heterocycles. The lowest BCUT2D eigenvalue weighted by atomic mass is 9.59. The summed E-state index contributed by atoms with van der Waals surface area (Å²) >= 11 is 0. The first-order valence-corrected chi connectivity index (χ1v) is 5.78. The average Bonchev–Trinajstić information content (AvgIpc) is 2.29. The van der Waals surface area contributed by atoms with Crippen molar-refractivity contribution in [3.05, 3.63) is 0 Å². The molecule has 0 unspecified atom stereocenters. The van der Waals surface area contributed by atoms with Crippen LogP contribution in [-0.2, 0) is 0 Å². The summed E-state index contributed by atoms with van der Waals surface area (Å²) in [7, 11) is 0. The fourth-order valence-electron chi connectivity index (χ4n) is 2.35. The summed E-state index contributed by atoms with van der Waals surface area (Å²) in [5.41, 5.74) is -28.8. The molecule has 20 heteroatoms. The summed E-state index contributed by atoms with van der Waals surface area (Å²) in [6.07, 6.45) is -53.7. The molecule has 0 bridgehead atoms. The minimum Gasteiger partial charge on any atom is -0.222 e. The van der Waals surface area contributed by atoms with Gasteiger partial charge in [-0.3, -0.25) is 0 Å². The Morgan fingerprint density at radius 1 is 0.207 bits per heavy atom. The maximum Gasteiger partial charge on any atom is 0.433 e. The fourth-order valence-corrected chi connectivity index (χ4v) is 2.35. The van der Waals surface area contributed by atoms with Gasteiger partial charge in [0.15, 0.2) is 0 Å². The van der Waals surface area contributed by atoms with Crippen LogP contribution in [0.4, 0.5) is 87.8 Å². The molecule has 0 atom stereocenters. The normalized spacial score (nSPS) is 17.0. The molecule has 0 saturated heterocycles. The van der Waals surface area contributed by atoms with Gasteiger partial charge in [0.05, 0.1) is 0 Å². The van der Waals surface area contributed by atoms with E-state index in [1.165, 1.54) is 0 Å². The van der Waals surface area contributed by atoms with Crippen LogP contribution in [0.2, 0.25) is 0 Å². The van der Waals surface area contributed by atoms with Gasteiger partial charge in [-0.2, -0.15) is 79.0 Å². The molecule has 0 aromatic heterocycles. The highest BCUT2D eigenvalue weighted by Gasteiger charge is 3.07. The van der Waals surface area contributed by atoms with Gasteiger partial charge in [0.1, 0.15) is 0 Å². The maximum atomic E-state index is 13.7. The van der Waals surface area contributed by atoms with E-state index in [0.717, 1.165) is 0 Å². The molecule has 0 N–H and O–H groups in total. The van der Waals surface area contributed by atoms with Crippen LogP contribution in [0.5, 0.6) is 0 Å². The molecule has 176 valence electrons. The average molecular weight is 488 g/mol. The number of hydrogen-bond acceptors (Lipinski definition) is 0. The van der Waals surface area contributed by atoms with E-state index in [2.05, 4.69) is 0 Å². The van der Waals surface area contributed by atoms with Crippen molar-refractivity contribution in [3.63, 3.8) is 0 Å². The molecule has 0 aliphatic rings. The van der Waals surface area contributed by atoms with E-state index in [4.69, 9.17) is 0 Å². The highest BCUT2D eigenvalue weighted by atomic mass is 19.5. The first kappa shape index (κ1) is 27.6. The van der Waals surface area contributed by atoms with Crippen LogP contribution in [0.3, 0.4) is 0 Å². The van der Waals surface area contributed by atoms with Crippen molar-refractivity contribution in [3.8, 4) is 0 Å². The molecule has 29 heavy (non-hydrogen) atoms. The zero-order valence-electron chi connectivity index (χ0n) is 12.1. The van der Waals surface area contributed by atoms with Crippen LogP contribution in [-0.4, -0.2) is 48.4 Å². The van der Waals surface area contributed by atoms with E-state index in [1.807, 2.05) is 0 Å². The Morgan fingerprint density at radius 2 is 0.345 bits per heavy atom. The predicted molar refractivity (Wildman–Crippen MR) is 46.4 cm³/mol. The lowest BCUT2D eigenvalue weighted by Crippen LogP contribution is -2.85. The third-order valence-electron chi connectivity index (χ3n) is 3.45. The van der Waals surface area contributed by atoms with E-state index in [1.54, 1.807) is 0 Å². The number of rotatable bonds is 2. The zero-order chi connectivity index (χ0) is 24.5. The molecule has 0 rings (SSSR count). The van der Waals surface area contributed by atoms with Crippen LogP contribution in [0.1, 0.15) is 0 Å². The van der Waals surface area contributed by atoms with Crippen LogP contribution in [0, 0.1) is 5.41 Å². The summed E-state index contributed by atoms with van der Waals surface area (Å²) in [6, 6.07) is 0. The van der Waals surface area contributed by atoms with Crippen molar-refractivity contribution in [1.29, 1.82) is 0 Å². The van der Waals surface area contributed by atoms with Crippen LogP contribution < -0.4 is 0 Å². The second-order valence-corrected chi connectivity index (χ2v) is 5.05. The summed E-state index contributed by atoms with van der Waals surface area (Å²) in [6.45, 7) is 0. The fraction of sp³-hybridized carbons (Fsp3) is 1.00. The zero-order valence-corrected chi connectivity index (χ0v) is 12.1. The molecule has 0 saturated carbocycles. The monoisotopic (exact) mass is 488 g/mol. The second-order valence-electron chi connectivity index (χ2n) is 5.05. The van der Waals surface area contributed by atoms with E-state index in [9.17, 15) is 87.8 Å². The van der Waals surface area contributed by atoms with Gasteiger partial charge in [-0.25, -0.2) is 8.78 Å². The Kier molecular flexibility index (Phi) is 6.00. The Morgan fingerprint density at radius 3 is 0.414 bits per heavy atom. The smallest absolute Gasteiger partial charge is 0.222 e. The predicted octanol–water partition coefficient (Wildman–Crippen LogP) is 6.76. The third-order valence-corrected chi connectivity index (χ3v) is 3.45. The van der Waals surface area contributed by atoms with Crippen molar-refractivity contribution in [2.45, 2.75) is 48.4 Å². The Hall–Kier alpha value is -1.40. The highest BCUT2D eigenvalue weighted by molar-refractivity contribution is 5.27. The first-order valence-electron chi connectivity index (χ1n) is 5.78. The van der Waals surface area contributed by atoms with Gasteiger partial charge in [-0.15, -0.1) is 0 Å². The quantitative estimate of drug-likeness (QED) is 0.377. The Labute approximate surface area is 143 Å². The van der Waals surface area contributed by atoms with Crippen molar-refractivity contribution in [2.24, 2.45) is 5.41 Å². The van der Waals surface area contributed by atoms with Crippen molar-refractivity contribution >= 4 is 0 Å². The Balaban J connectivity index is 8.46. The molecule has 0 radical (unpaired) electrons. The Bertz CT molecular complexity index is 502. The molecular weight excluding hydrogens is 488 g/mol. The van der Waals surface area contributed by atoms with Crippen molar-refractivity contribution in [2.75, 3.05) is 0 Å². The van der Waals surface area contributed by atoms with Crippen LogP contribution in [0.15, 0.2) is 0 Å². The molecule has 0 aliphatic carbocycles. The van der Waals surface area contributed by atoms with Crippen LogP contribution in [0.25, 0.3) is 0 Å². The largest absolute Gasteiger partial charge is 0.433 e. The van der Waals surface area contributed by atoms with Gasteiger partial charge in [0, 0.05) is 0 Å². The molecule has 0 aromatic carbocycles. The van der Waals surface area contributed by atoms with Gasteiger partial charge in [0.25, 0.3) is 5.41 Å². The minimum atomic E-state index is -9.81.